The number of aromatic nitrogens is 4. The zero-order chi connectivity index (χ0) is 16.6. The molecule has 3 aromatic rings. The molecular formula is C15H14FN5O2. The highest BCUT2D eigenvalue weighted by Gasteiger charge is 2.17. The van der Waals surface area contributed by atoms with Gasteiger partial charge < -0.3 is 10.3 Å². The molecule has 7 nitrogen and oxygen atoms in total. The summed E-state index contributed by atoms with van der Waals surface area (Å²) in [5.41, 5.74) is 0.0587. The van der Waals surface area contributed by atoms with Gasteiger partial charge in [0.1, 0.15) is 11.6 Å². The number of aromatic amines is 2. The van der Waals surface area contributed by atoms with Crippen LogP contribution in [0.25, 0.3) is 10.9 Å². The number of nitrogens with zero attached hydrogens (tertiary/aromatic N) is 2. The second-order valence-electron chi connectivity index (χ2n) is 5.21. The Morgan fingerprint density at radius 2 is 2.13 bits per heavy atom. The summed E-state index contributed by atoms with van der Waals surface area (Å²) in [5.74, 6) is 0.0684. The van der Waals surface area contributed by atoms with Crippen LogP contribution in [0.1, 0.15) is 35.0 Å². The van der Waals surface area contributed by atoms with Gasteiger partial charge >= 0.3 is 0 Å². The molecule has 3 rings (SSSR count). The van der Waals surface area contributed by atoms with E-state index in [9.17, 15) is 14.0 Å². The first-order chi connectivity index (χ1) is 10.9. The Bertz CT molecular complexity index is 946. The zero-order valence-corrected chi connectivity index (χ0v) is 12.5. The molecule has 0 spiro atoms. The van der Waals surface area contributed by atoms with Gasteiger partial charge in [0.15, 0.2) is 5.82 Å². The number of benzene rings is 1. The quantitative estimate of drug-likeness (QED) is 0.682. The highest BCUT2D eigenvalue weighted by atomic mass is 19.1. The van der Waals surface area contributed by atoms with E-state index in [2.05, 4.69) is 25.5 Å². The third-order valence-electron chi connectivity index (χ3n) is 3.40. The van der Waals surface area contributed by atoms with E-state index in [1.807, 2.05) is 0 Å². The molecule has 0 fully saturated rings. The van der Waals surface area contributed by atoms with Crippen LogP contribution in [0.3, 0.4) is 0 Å². The molecule has 23 heavy (non-hydrogen) atoms. The van der Waals surface area contributed by atoms with Gasteiger partial charge in [-0.3, -0.25) is 14.7 Å². The molecule has 0 unspecified atom stereocenters. The molecule has 1 amide bonds. The van der Waals surface area contributed by atoms with Crippen molar-refractivity contribution in [2.24, 2.45) is 0 Å². The maximum absolute atomic E-state index is 13.5. The number of carbonyl (C=O) groups is 1. The lowest BCUT2D eigenvalue weighted by molar-refractivity contribution is 0.0940. The lowest BCUT2D eigenvalue weighted by Gasteiger charge is -2.12. The summed E-state index contributed by atoms with van der Waals surface area (Å²) in [4.78, 5) is 30.9. The van der Waals surface area contributed by atoms with Crippen molar-refractivity contribution in [3.05, 3.63) is 57.6 Å². The van der Waals surface area contributed by atoms with E-state index >= 15 is 0 Å². The normalized spacial score (nSPS) is 12.3. The first-order valence-corrected chi connectivity index (χ1v) is 6.96. The SMILES string of the molecule is Cc1nc([C@H](C)NC(=O)c2cc(=O)[nH]c3ccc(F)cc23)n[nH]1. The van der Waals surface area contributed by atoms with Crippen molar-refractivity contribution < 1.29 is 9.18 Å². The topological polar surface area (TPSA) is 104 Å². The molecule has 0 aliphatic rings. The molecule has 2 aromatic heterocycles. The second kappa shape index (κ2) is 5.64. The van der Waals surface area contributed by atoms with Crippen LogP contribution in [0.15, 0.2) is 29.1 Å². The molecular weight excluding hydrogens is 301 g/mol. The summed E-state index contributed by atoms with van der Waals surface area (Å²) in [5, 5.41) is 9.71. The number of H-pyrrole nitrogens is 2. The maximum Gasteiger partial charge on any atom is 0.252 e. The van der Waals surface area contributed by atoms with Crippen LogP contribution in [0, 0.1) is 12.7 Å². The van der Waals surface area contributed by atoms with Gasteiger partial charge in [0, 0.05) is 17.0 Å². The molecule has 1 aromatic carbocycles. The number of carbonyl (C=O) groups excluding carboxylic acids is 1. The van der Waals surface area contributed by atoms with Gasteiger partial charge in [0.25, 0.3) is 5.91 Å². The summed E-state index contributed by atoms with van der Waals surface area (Å²) in [6.45, 7) is 3.47. The van der Waals surface area contributed by atoms with E-state index in [1.54, 1.807) is 13.8 Å². The number of pyridine rings is 1. The van der Waals surface area contributed by atoms with E-state index in [4.69, 9.17) is 0 Å². The minimum absolute atomic E-state index is 0.0994. The van der Waals surface area contributed by atoms with Gasteiger partial charge in [0.05, 0.1) is 11.6 Å². The van der Waals surface area contributed by atoms with Gasteiger partial charge in [-0.15, -0.1) is 0 Å². The molecule has 0 saturated heterocycles. The highest BCUT2D eigenvalue weighted by Crippen LogP contribution is 2.17. The summed E-state index contributed by atoms with van der Waals surface area (Å²) in [6.07, 6.45) is 0. The van der Waals surface area contributed by atoms with E-state index in [0.29, 0.717) is 22.6 Å². The first kappa shape index (κ1) is 14.9. The van der Waals surface area contributed by atoms with Gasteiger partial charge in [-0.2, -0.15) is 5.10 Å². The van der Waals surface area contributed by atoms with E-state index < -0.39 is 23.3 Å². The predicted octanol–water partition coefficient (Wildman–Crippen LogP) is 1.58. The monoisotopic (exact) mass is 315 g/mol. The van der Waals surface area contributed by atoms with Gasteiger partial charge in [-0.1, -0.05) is 0 Å². The number of nitrogens with one attached hydrogen (secondary N) is 3. The van der Waals surface area contributed by atoms with Crippen molar-refractivity contribution in [3.8, 4) is 0 Å². The summed E-state index contributed by atoms with van der Waals surface area (Å²) >= 11 is 0. The standard InChI is InChI=1S/C15H14FN5O2/c1-7(14-18-8(2)20-21-14)17-15(23)11-6-13(22)19-12-4-3-9(16)5-10(11)12/h3-7H,1-2H3,(H,17,23)(H,19,22)(H,18,20,21)/t7-/m0/s1. The van der Waals surface area contributed by atoms with Crippen molar-refractivity contribution in [2.75, 3.05) is 0 Å². The average Bonchev–Trinajstić information content (AvgIpc) is 2.93. The number of aryl methyl sites for hydroxylation is 1. The van der Waals surface area contributed by atoms with Crippen LogP contribution in [-0.4, -0.2) is 26.1 Å². The Labute approximate surface area is 130 Å². The van der Waals surface area contributed by atoms with Crippen molar-refractivity contribution in [2.45, 2.75) is 19.9 Å². The van der Waals surface area contributed by atoms with Crippen LogP contribution in [0.2, 0.25) is 0 Å². The van der Waals surface area contributed by atoms with Crippen molar-refractivity contribution in [3.63, 3.8) is 0 Å². The molecule has 3 N–H and O–H groups in total. The Morgan fingerprint density at radius 1 is 1.35 bits per heavy atom. The zero-order valence-electron chi connectivity index (χ0n) is 12.5. The van der Waals surface area contributed by atoms with Gasteiger partial charge in [0.2, 0.25) is 5.56 Å². The second-order valence-corrected chi connectivity index (χ2v) is 5.21. The molecule has 8 heteroatoms. The third-order valence-corrected chi connectivity index (χ3v) is 3.40. The van der Waals surface area contributed by atoms with E-state index in [-0.39, 0.29) is 5.56 Å². The Balaban J connectivity index is 1.97. The van der Waals surface area contributed by atoms with Crippen LogP contribution in [0.4, 0.5) is 4.39 Å². The average molecular weight is 315 g/mol. The smallest absolute Gasteiger partial charge is 0.252 e. The number of hydrogen-bond acceptors (Lipinski definition) is 4. The molecule has 1 atom stereocenters. The van der Waals surface area contributed by atoms with Crippen molar-refractivity contribution >= 4 is 16.8 Å². The number of hydrogen-bond donors (Lipinski definition) is 3. The molecule has 2 heterocycles. The largest absolute Gasteiger partial charge is 0.342 e. The first-order valence-electron chi connectivity index (χ1n) is 6.96. The molecule has 0 saturated carbocycles. The van der Waals surface area contributed by atoms with E-state index in [1.165, 1.54) is 18.2 Å². The molecule has 0 aliphatic carbocycles. The Kier molecular flexibility index (Phi) is 3.65. The molecule has 0 bridgehead atoms. The molecule has 0 radical (unpaired) electrons. The molecule has 0 aliphatic heterocycles. The van der Waals surface area contributed by atoms with Crippen LogP contribution in [-0.2, 0) is 0 Å². The lowest BCUT2D eigenvalue weighted by Crippen LogP contribution is -2.28. The fourth-order valence-corrected chi connectivity index (χ4v) is 2.31. The number of fused-ring (bicyclic) bond motifs is 1. The highest BCUT2D eigenvalue weighted by molar-refractivity contribution is 6.06. The predicted molar refractivity (Wildman–Crippen MR) is 81.5 cm³/mol. The Morgan fingerprint density at radius 3 is 2.83 bits per heavy atom. The summed E-state index contributed by atoms with van der Waals surface area (Å²) in [7, 11) is 0. The number of halogens is 1. The third kappa shape index (κ3) is 2.96. The fourth-order valence-electron chi connectivity index (χ4n) is 2.31. The minimum Gasteiger partial charge on any atom is -0.342 e. The van der Waals surface area contributed by atoms with Gasteiger partial charge in [-0.05, 0) is 32.0 Å². The van der Waals surface area contributed by atoms with Crippen LogP contribution < -0.4 is 10.9 Å². The summed E-state index contributed by atoms with van der Waals surface area (Å²) < 4.78 is 13.5. The minimum atomic E-state index is -0.498. The molecule has 118 valence electrons. The Hall–Kier alpha value is -3.03. The maximum atomic E-state index is 13.5. The van der Waals surface area contributed by atoms with Crippen LogP contribution >= 0.6 is 0 Å². The number of amides is 1. The van der Waals surface area contributed by atoms with Gasteiger partial charge in [-0.25, -0.2) is 9.37 Å². The van der Waals surface area contributed by atoms with E-state index in [0.717, 1.165) is 6.07 Å². The number of rotatable bonds is 3. The fraction of sp³-hybridized carbons (Fsp3) is 0.200. The van der Waals surface area contributed by atoms with Crippen molar-refractivity contribution in [1.82, 2.24) is 25.5 Å². The van der Waals surface area contributed by atoms with Crippen molar-refractivity contribution in [1.29, 1.82) is 0 Å². The van der Waals surface area contributed by atoms with Crippen LogP contribution in [0.5, 0.6) is 0 Å². The summed E-state index contributed by atoms with van der Waals surface area (Å²) in [6, 6.07) is 4.54. The lowest BCUT2D eigenvalue weighted by atomic mass is 10.1.